The smallest absolute Gasteiger partial charge is 0.497 e. The van der Waals surface area contributed by atoms with Gasteiger partial charge >= 0.3 is 6.36 Å². The maximum atomic E-state index is 13.6. The topological polar surface area (TPSA) is 48.0 Å². The van der Waals surface area contributed by atoms with Gasteiger partial charge in [-0.05, 0) is 67.6 Å². The lowest BCUT2D eigenvalue weighted by Gasteiger charge is -2.46. The number of piperidine rings is 1. The molecule has 2 aliphatic rings. The van der Waals surface area contributed by atoms with Crippen LogP contribution in [0.25, 0.3) is 0 Å². The molecule has 0 spiro atoms. The van der Waals surface area contributed by atoms with Gasteiger partial charge in [0.05, 0.1) is 19.1 Å². The number of halogens is 3. The molecular weight excluding hydrogens is 435 g/mol. The minimum Gasteiger partial charge on any atom is -0.497 e. The Bertz CT molecular complexity index is 940. The highest BCUT2D eigenvalue weighted by molar-refractivity contribution is 5.89. The molecular formula is C25H28F3NO4. The highest BCUT2D eigenvalue weighted by Crippen LogP contribution is 2.46. The minimum atomic E-state index is -4.72. The molecule has 33 heavy (non-hydrogen) atoms. The molecule has 1 unspecified atom stereocenters. The summed E-state index contributed by atoms with van der Waals surface area (Å²) >= 11 is 0. The Morgan fingerprint density at radius 2 is 1.64 bits per heavy atom. The van der Waals surface area contributed by atoms with Crippen LogP contribution in [0.1, 0.15) is 37.7 Å². The summed E-state index contributed by atoms with van der Waals surface area (Å²) in [6.45, 7) is 1.75. The van der Waals surface area contributed by atoms with Gasteiger partial charge in [0, 0.05) is 19.0 Å². The Kier molecular flexibility index (Phi) is 6.72. The molecule has 5 nitrogen and oxygen atoms in total. The molecule has 1 atom stereocenters. The van der Waals surface area contributed by atoms with E-state index in [1.165, 1.54) is 24.3 Å². The molecule has 2 aromatic rings. The number of hydrogen-bond donors (Lipinski definition) is 0. The molecule has 1 aliphatic heterocycles. The number of likely N-dealkylation sites (tertiary alicyclic amines) is 1. The van der Waals surface area contributed by atoms with Crippen molar-refractivity contribution in [2.75, 3.05) is 26.8 Å². The number of hydrogen-bond acceptors (Lipinski definition) is 4. The standard InChI is InChI=1S/C25H28F3NO4/c1-31-20-7-5-19(6-8-20)24(13-3-14-24)23(30)29-15-2-4-18(16-29)17-32-21-9-11-22(12-10-21)33-25(26,27)28/h5-12,18H,2-4,13-17H2,1H3. The number of nitrogens with zero attached hydrogens (tertiary/aromatic N) is 1. The van der Waals surface area contributed by atoms with Crippen LogP contribution >= 0.6 is 0 Å². The minimum absolute atomic E-state index is 0.168. The van der Waals surface area contributed by atoms with Gasteiger partial charge in [0.2, 0.25) is 5.91 Å². The number of ether oxygens (including phenoxy) is 3. The van der Waals surface area contributed by atoms with E-state index >= 15 is 0 Å². The quantitative estimate of drug-likeness (QED) is 0.557. The van der Waals surface area contributed by atoms with Gasteiger partial charge < -0.3 is 19.1 Å². The maximum Gasteiger partial charge on any atom is 0.573 e. The first-order valence-electron chi connectivity index (χ1n) is 11.2. The molecule has 0 N–H and O–H groups in total. The third-order valence-electron chi connectivity index (χ3n) is 6.61. The Morgan fingerprint density at radius 3 is 2.21 bits per heavy atom. The van der Waals surface area contributed by atoms with Crippen molar-refractivity contribution >= 4 is 5.91 Å². The van der Waals surface area contributed by atoms with Gasteiger partial charge in [-0.15, -0.1) is 13.2 Å². The third-order valence-corrected chi connectivity index (χ3v) is 6.61. The van der Waals surface area contributed by atoms with E-state index in [0.717, 1.165) is 50.0 Å². The Balaban J connectivity index is 1.35. The number of carbonyl (C=O) groups excluding carboxylic acids is 1. The van der Waals surface area contributed by atoms with Gasteiger partial charge in [-0.1, -0.05) is 18.6 Å². The van der Waals surface area contributed by atoms with E-state index in [1.807, 2.05) is 29.2 Å². The van der Waals surface area contributed by atoms with Crippen LogP contribution in [0.4, 0.5) is 13.2 Å². The molecule has 1 amide bonds. The van der Waals surface area contributed by atoms with Crippen molar-refractivity contribution in [3.8, 4) is 17.2 Å². The zero-order valence-corrected chi connectivity index (χ0v) is 18.6. The van der Waals surface area contributed by atoms with Crippen LogP contribution in [0.2, 0.25) is 0 Å². The number of amides is 1. The number of carbonyl (C=O) groups is 1. The normalized spacial score (nSPS) is 20.0. The van der Waals surface area contributed by atoms with Gasteiger partial charge in [-0.3, -0.25) is 4.79 Å². The average molecular weight is 463 g/mol. The fourth-order valence-corrected chi connectivity index (χ4v) is 4.71. The lowest BCUT2D eigenvalue weighted by Crippen LogP contribution is -2.54. The number of methoxy groups -OCH3 is 1. The predicted molar refractivity (Wildman–Crippen MR) is 116 cm³/mol. The summed E-state index contributed by atoms with van der Waals surface area (Å²) in [7, 11) is 1.62. The molecule has 0 aromatic heterocycles. The molecule has 1 heterocycles. The van der Waals surface area contributed by atoms with Gasteiger partial charge in [-0.25, -0.2) is 0 Å². The van der Waals surface area contributed by atoms with Crippen LogP contribution < -0.4 is 14.2 Å². The van der Waals surface area contributed by atoms with Gasteiger partial charge in [0.15, 0.2) is 0 Å². The molecule has 178 valence electrons. The monoisotopic (exact) mass is 463 g/mol. The van der Waals surface area contributed by atoms with Crippen molar-refractivity contribution < 1.29 is 32.2 Å². The van der Waals surface area contributed by atoms with E-state index in [0.29, 0.717) is 18.9 Å². The Hall–Kier alpha value is -2.90. The molecule has 4 rings (SSSR count). The fraction of sp³-hybridized carbons (Fsp3) is 0.480. The summed E-state index contributed by atoms with van der Waals surface area (Å²) in [5.41, 5.74) is 0.586. The first-order valence-corrected chi connectivity index (χ1v) is 11.2. The van der Waals surface area contributed by atoms with E-state index in [2.05, 4.69) is 4.74 Å². The molecule has 1 saturated heterocycles. The zero-order chi connectivity index (χ0) is 23.5. The summed E-state index contributed by atoms with van der Waals surface area (Å²) in [6.07, 6.45) is -0.147. The van der Waals surface area contributed by atoms with Crippen LogP contribution in [0, 0.1) is 5.92 Å². The van der Waals surface area contributed by atoms with Crippen LogP contribution in [0.15, 0.2) is 48.5 Å². The van der Waals surface area contributed by atoms with Gasteiger partial charge in [0.1, 0.15) is 17.2 Å². The summed E-state index contributed by atoms with van der Waals surface area (Å²) < 4.78 is 51.8. The summed E-state index contributed by atoms with van der Waals surface area (Å²) in [4.78, 5) is 15.5. The highest BCUT2D eigenvalue weighted by atomic mass is 19.4. The first-order chi connectivity index (χ1) is 15.8. The second-order valence-corrected chi connectivity index (χ2v) is 8.75. The molecule has 2 aromatic carbocycles. The van der Waals surface area contributed by atoms with Crippen molar-refractivity contribution in [2.45, 2.75) is 43.9 Å². The van der Waals surface area contributed by atoms with Crippen LogP contribution in [0.3, 0.4) is 0 Å². The number of benzene rings is 2. The summed E-state index contributed by atoms with van der Waals surface area (Å²) in [5.74, 6) is 1.31. The Morgan fingerprint density at radius 1 is 1.00 bits per heavy atom. The summed E-state index contributed by atoms with van der Waals surface area (Å²) in [5, 5.41) is 0. The molecule has 2 fully saturated rings. The van der Waals surface area contributed by atoms with Crippen molar-refractivity contribution in [3.63, 3.8) is 0 Å². The van der Waals surface area contributed by atoms with E-state index in [1.54, 1.807) is 7.11 Å². The van der Waals surface area contributed by atoms with Crippen molar-refractivity contribution in [2.24, 2.45) is 5.92 Å². The fourth-order valence-electron chi connectivity index (χ4n) is 4.71. The van der Waals surface area contributed by atoms with Crippen LogP contribution in [-0.4, -0.2) is 44.0 Å². The largest absolute Gasteiger partial charge is 0.573 e. The second kappa shape index (κ2) is 9.53. The highest BCUT2D eigenvalue weighted by Gasteiger charge is 2.48. The number of rotatable bonds is 7. The van der Waals surface area contributed by atoms with E-state index in [-0.39, 0.29) is 17.6 Å². The lowest BCUT2D eigenvalue weighted by atomic mass is 9.63. The number of alkyl halides is 3. The van der Waals surface area contributed by atoms with E-state index < -0.39 is 11.8 Å². The summed E-state index contributed by atoms with van der Waals surface area (Å²) in [6, 6.07) is 13.2. The molecule has 8 heteroatoms. The van der Waals surface area contributed by atoms with E-state index in [4.69, 9.17) is 9.47 Å². The van der Waals surface area contributed by atoms with Gasteiger partial charge in [-0.2, -0.15) is 0 Å². The van der Waals surface area contributed by atoms with E-state index in [9.17, 15) is 18.0 Å². The zero-order valence-electron chi connectivity index (χ0n) is 18.6. The van der Waals surface area contributed by atoms with Crippen LogP contribution in [0.5, 0.6) is 17.2 Å². The molecule has 1 saturated carbocycles. The molecule has 0 bridgehead atoms. The average Bonchev–Trinajstić information content (AvgIpc) is 2.77. The van der Waals surface area contributed by atoms with Crippen molar-refractivity contribution in [1.29, 1.82) is 0 Å². The third kappa shape index (κ3) is 5.37. The first kappa shape index (κ1) is 23.3. The SMILES string of the molecule is COc1ccc(C2(C(=O)N3CCCC(COc4ccc(OC(F)(F)F)cc4)C3)CCC2)cc1. The Labute approximate surface area is 191 Å². The second-order valence-electron chi connectivity index (χ2n) is 8.75. The van der Waals surface area contributed by atoms with Gasteiger partial charge in [0.25, 0.3) is 0 Å². The lowest BCUT2D eigenvalue weighted by molar-refractivity contribution is -0.274. The van der Waals surface area contributed by atoms with Crippen molar-refractivity contribution in [1.82, 2.24) is 4.90 Å². The van der Waals surface area contributed by atoms with Crippen LogP contribution in [-0.2, 0) is 10.2 Å². The molecule has 1 aliphatic carbocycles. The maximum absolute atomic E-state index is 13.6. The molecule has 0 radical (unpaired) electrons. The van der Waals surface area contributed by atoms with Crippen molar-refractivity contribution in [3.05, 3.63) is 54.1 Å². The predicted octanol–water partition coefficient (Wildman–Crippen LogP) is 5.33.